The molecule has 0 aliphatic rings. The number of rotatable bonds is 9. The van der Waals surface area contributed by atoms with Crippen LogP contribution in [-0.2, 0) is 27.2 Å². The molecule has 0 saturated carbocycles. The predicted molar refractivity (Wildman–Crippen MR) is 159 cm³/mol. The quantitative estimate of drug-likeness (QED) is 0.187. The molecule has 2 atom stereocenters. The molecule has 0 bridgehead atoms. The van der Waals surface area contributed by atoms with Crippen LogP contribution in [0.4, 0.5) is 0 Å². The Balaban J connectivity index is -0.000000468. The van der Waals surface area contributed by atoms with Gasteiger partial charge in [-0.2, -0.15) is 11.1 Å². The van der Waals surface area contributed by atoms with Crippen LogP contribution in [0.5, 0.6) is 0 Å². The number of carbonyl (C=O) groups is 2. The molecule has 0 radical (unpaired) electrons. The van der Waals surface area contributed by atoms with Crippen LogP contribution in [0.15, 0.2) is 60.7 Å². The molecule has 212 valence electrons. The zero-order chi connectivity index (χ0) is 28.0. The zero-order valence-corrected chi connectivity index (χ0v) is 25.3. The van der Waals surface area contributed by atoms with Crippen molar-refractivity contribution in [1.29, 1.82) is 0 Å². The first-order chi connectivity index (χ1) is 16.8. The molecule has 0 aliphatic carbocycles. The maximum absolute atomic E-state index is 11.4. The van der Waals surface area contributed by atoms with Crippen LogP contribution in [0, 0.1) is 0 Å². The van der Waals surface area contributed by atoms with Gasteiger partial charge in [0, 0.05) is 6.61 Å². The Hall–Kier alpha value is -1.94. The average molecular weight is 578 g/mol. The average Bonchev–Trinajstić information content (AvgIpc) is 2.83. The number of carbonyl (C=O) groups excluding carboxylic acids is 1. The van der Waals surface area contributed by atoms with Crippen molar-refractivity contribution in [2.24, 2.45) is 11.5 Å². The Kier molecular flexibility index (Phi) is 26.1. The number of hydrogen-bond donors (Lipinski definition) is 4. The number of aliphatic carboxylic acids is 1. The van der Waals surface area contributed by atoms with Gasteiger partial charge in [0.2, 0.25) is 0 Å². The molecule has 2 aromatic carbocycles. The van der Waals surface area contributed by atoms with E-state index in [1.807, 2.05) is 74.5 Å². The van der Waals surface area contributed by atoms with E-state index in [0.29, 0.717) is 26.1 Å². The number of aliphatic hydroxyl groups is 1. The first-order valence-corrected chi connectivity index (χ1v) is 16.6. The largest absolute Gasteiger partial charge is 0.480 e. The molecule has 0 saturated heterocycles. The Bertz CT molecular complexity index is 801. The fourth-order valence-corrected chi connectivity index (χ4v) is 2.22. The summed E-state index contributed by atoms with van der Waals surface area (Å²) in [4.78, 5) is 21.7. The molecule has 10 heteroatoms. The highest BCUT2D eigenvalue weighted by Gasteiger charge is 2.14. The van der Waals surface area contributed by atoms with Gasteiger partial charge in [0.1, 0.15) is 19.5 Å². The van der Waals surface area contributed by atoms with Crippen LogP contribution in [0.3, 0.4) is 0 Å². The van der Waals surface area contributed by atoms with Crippen molar-refractivity contribution in [1.82, 2.24) is 0 Å². The van der Waals surface area contributed by atoms with Gasteiger partial charge in [-0.05, 0) is 36.8 Å². The van der Waals surface area contributed by atoms with Crippen LogP contribution in [0.2, 0.25) is 19.6 Å². The molecular formula is C27H46Cl2N2O5Si. The summed E-state index contributed by atoms with van der Waals surface area (Å²) in [6.07, 6.45) is 2.61. The number of hydrogen-bond acceptors (Lipinski definition) is 6. The summed E-state index contributed by atoms with van der Waals surface area (Å²) >= 11 is 5.67. The number of esters is 1. The molecule has 0 spiro atoms. The predicted octanol–water partition coefficient (Wildman–Crippen LogP) is 5.02. The summed E-state index contributed by atoms with van der Waals surface area (Å²) in [6, 6.07) is 17.7. The number of nitrogens with two attached hydrogens (primary N) is 2. The molecule has 37 heavy (non-hydrogen) atoms. The lowest BCUT2D eigenvalue weighted by Gasteiger charge is -2.10. The van der Waals surface area contributed by atoms with E-state index < -0.39 is 25.4 Å². The molecule has 0 unspecified atom stereocenters. The van der Waals surface area contributed by atoms with Gasteiger partial charge in [0.05, 0.1) is 6.61 Å². The van der Waals surface area contributed by atoms with Gasteiger partial charge < -0.3 is 26.4 Å². The third-order valence-corrected chi connectivity index (χ3v) is 3.89. The fraction of sp³-hybridized carbons (Fsp3) is 0.481. The molecule has 0 fully saturated rings. The molecule has 2 aromatic rings. The molecule has 2 rings (SSSR count). The van der Waals surface area contributed by atoms with E-state index >= 15 is 0 Å². The van der Waals surface area contributed by atoms with Crippen molar-refractivity contribution < 1.29 is 24.5 Å². The number of carboxylic acid groups (broad SMARTS) is 1. The Morgan fingerprint density at radius 1 is 0.865 bits per heavy atom. The van der Waals surface area contributed by atoms with Crippen LogP contribution in [-0.4, -0.2) is 54.8 Å². The molecular weight excluding hydrogens is 531 g/mol. The molecule has 7 nitrogen and oxygen atoms in total. The number of benzene rings is 2. The maximum Gasteiger partial charge on any atom is 0.323 e. The molecule has 0 aromatic heterocycles. The van der Waals surface area contributed by atoms with Crippen molar-refractivity contribution in [3.05, 3.63) is 71.8 Å². The lowest BCUT2D eigenvalue weighted by molar-refractivity contribution is -0.145. The van der Waals surface area contributed by atoms with Gasteiger partial charge in [0.15, 0.2) is 0 Å². The summed E-state index contributed by atoms with van der Waals surface area (Å²) in [5.41, 5.74) is 13.1. The van der Waals surface area contributed by atoms with Crippen molar-refractivity contribution in [2.45, 2.75) is 71.3 Å². The zero-order valence-electron chi connectivity index (χ0n) is 22.7. The topological polar surface area (TPSA) is 136 Å². The standard InChI is InChI=1S/C12H17NO2.C9H11NO2.C3H9ClSi.C3H8O.ClH/c1-2-8-15-12(14)11(13)9-10-6-4-3-5-7-10;10-8(9(11)12)6-7-4-2-1-3-5-7;1-5(2,3)4;1-2-3-4;/h3-7,11H,2,8-9,13H2,1H3;1-5,8H,6,10H2,(H,11,12);1-3H3;4H,2-3H2,1H3;1H/t11-;8-;;;/m00.../s1. The summed E-state index contributed by atoms with van der Waals surface area (Å²) in [5, 5.41) is 16.4. The highest BCUT2D eigenvalue weighted by Crippen LogP contribution is 2.04. The first-order valence-electron chi connectivity index (χ1n) is 12.1. The maximum atomic E-state index is 11.4. The SMILES string of the molecule is CCCO.CCCOC(=O)[C@@H](N)Cc1ccccc1.C[Si](C)(C)Cl.Cl.N[C@@H](Cc1ccccc1)C(=O)O. The first kappa shape index (κ1) is 39.6. The molecule has 0 amide bonds. The number of carboxylic acids is 1. The minimum Gasteiger partial charge on any atom is -0.480 e. The Labute approximate surface area is 234 Å². The monoisotopic (exact) mass is 576 g/mol. The van der Waals surface area contributed by atoms with Crippen molar-refractivity contribution in [3.63, 3.8) is 0 Å². The van der Waals surface area contributed by atoms with E-state index in [9.17, 15) is 9.59 Å². The van der Waals surface area contributed by atoms with Crippen molar-refractivity contribution in [3.8, 4) is 0 Å². The van der Waals surface area contributed by atoms with E-state index in [1.54, 1.807) is 0 Å². The van der Waals surface area contributed by atoms with Gasteiger partial charge >= 0.3 is 11.9 Å². The van der Waals surface area contributed by atoms with E-state index in [0.717, 1.165) is 24.0 Å². The third kappa shape index (κ3) is 28.5. The van der Waals surface area contributed by atoms with Crippen LogP contribution < -0.4 is 11.5 Å². The lowest BCUT2D eigenvalue weighted by atomic mass is 10.1. The second-order valence-corrected chi connectivity index (χ2v) is 16.4. The van der Waals surface area contributed by atoms with Crippen molar-refractivity contribution in [2.75, 3.05) is 13.2 Å². The van der Waals surface area contributed by atoms with E-state index in [2.05, 4.69) is 19.6 Å². The highest BCUT2D eigenvalue weighted by molar-refractivity contribution is 7.18. The second-order valence-electron chi connectivity index (χ2n) is 8.89. The summed E-state index contributed by atoms with van der Waals surface area (Å²) < 4.78 is 4.96. The molecule has 0 heterocycles. The van der Waals surface area contributed by atoms with Crippen LogP contribution in [0.25, 0.3) is 0 Å². The lowest BCUT2D eigenvalue weighted by Crippen LogP contribution is -2.34. The number of halogens is 2. The highest BCUT2D eigenvalue weighted by atomic mass is 35.6. The van der Waals surface area contributed by atoms with E-state index in [1.165, 1.54) is 0 Å². The third-order valence-electron chi connectivity index (χ3n) is 3.89. The van der Waals surface area contributed by atoms with E-state index in [-0.39, 0.29) is 18.4 Å². The summed E-state index contributed by atoms with van der Waals surface area (Å²) in [6.45, 7) is 10.9. The van der Waals surface area contributed by atoms with Gasteiger partial charge in [-0.15, -0.1) is 12.4 Å². The van der Waals surface area contributed by atoms with Crippen LogP contribution in [0.1, 0.15) is 37.8 Å². The fourth-order valence-electron chi connectivity index (χ4n) is 2.22. The second kappa shape index (κ2) is 24.4. The molecule has 0 aliphatic heterocycles. The number of ether oxygens (including phenoxy) is 1. The van der Waals surface area contributed by atoms with E-state index in [4.69, 9.17) is 37.5 Å². The van der Waals surface area contributed by atoms with Gasteiger partial charge in [-0.3, -0.25) is 9.59 Å². The molecule has 6 N–H and O–H groups in total. The van der Waals surface area contributed by atoms with Crippen molar-refractivity contribution >= 4 is 42.8 Å². The number of aliphatic hydroxyl groups excluding tert-OH is 1. The minimum absolute atomic E-state index is 0. The minimum atomic E-state index is -1.14. The van der Waals surface area contributed by atoms with Gasteiger partial charge in [-0.1, -0.05) is 94.2 Å². The van der Waals surface area contributed by atoms with Crippen LogP contribution >= 0.6 is 23.5 Å². The normalized spacial score (nSPS) is 11.4. The Morgan fingerprint density at radius 2 is 1.22 bits per heavy atom. The Morgan fingerprint density at radius 3 is 1.51 bits per heavy atom. The summed E-state index contributed by atoms with van der Waals surface area (Å²) in [7, 11) is -1.14. The smallest absolute Gasteiger partial charge is 0.323 e. The van der Waals surface area contributed by atoms with Gasteiger partial charge in [0.25, 0.3) is 0 Å². The summed E-state index contributed by atoms with van der Waals surface area (Å²) in [5.74, 6) is -1.28. The van der Waals surface area contributed by atoms with Gasteiger partial charge in [-0.25, -0.2) is 0 Å².